The molecule has 0 saturated heterocycles. The minimum atomic E-state index is -0.402. The minimum Gasteiger partial charge on any atom is -0.327 e. The molecule has 2 aromatic rings. The van der Waals surface area contributed by atoms with Crippen molar-refractivity contribution in [3.63, 3.8) is 0 Å². The van der Waals surface area contributed by atoms with Gasteiger partial charge in [-0.15, -0.1) is 0 Å². The van der Waals surface area contributed by atoms with Crippen LogP contribution in [0.4, 0.5) is 4.39 Å². The molecule has 0 aliphatic rings. The van der Waals surface area contributed by atoms with E-state index in [0.29, 0.717) is 23.4 Å². The van der Waals surface area contributed by atoms with Gasteiger partial charge in [0.15, 0.2) is 0 Å². The smallest absolute Gasteiger partial charge is 0.145 e. The van der Waals surface area contributed by atoms with Crippen LogP contribution in [0.5, 0.6) is 0 Å². The molecule has 0 bridgehead atoms. The number of nitrogens with two attached hydrogens (primary N) is 1. The van der Waals surface area contributed by atoms with Gasteiger partial charge in [0, 0.05) is 18.4 Å². The molecule has 1 atom stereocenters. The van der Waals surface area contributed by atoms with Crippen LogP contribution in [-0.2, 0) is 12.8 Å². The van der Waals surface area contributed by atoms with Gasteiger partial charge in [-0.1, -0.05) is 35.3 Å². The lowest BCUT2D eigenvalue weighted by Crippen LogP contribution is -2.26. The summed E-state index contributed by atoms with van der Waals surface area (Å²) >= 11 is 11.8. The highest BCUT2D eigenvalue weighted by Gasteiger charge is 2.12. The maximum absolute atomic E-state index is 13.8. The predicted octanol–water partition coefficient (Wildman–Crippen LogP) is 3.64. The first-order valence-corrected chi connectivity index (χ1v) is 6.60. The van der Waals surface area contributed by atoms with Gasteiger partial charge in [0.2, 0.25) is 0 Å². The number of nitrogens with zero attached hydrogens (tertiary/aromatic N) is 1. The molecule has 1 aromatic carbocycles. The number of pyridine rings is 1. The van der Waals surface area contributed by atoms with Crippen molar-refractivity contribution in [1.29, 1.82) is 0 Å². The van der Waals surface area contributed by atoms with Gasteiger partial charge in [0.05, 0.1) is 10.0 Å². The van der Waals surface area contributed by atoms with Crippen LogP contribution in [0.2, 0.25) is 10.0 Å². The van der Waals surface area contributed by atoms with E-state index in [0.717, 1.165) is 5.56 Å². The van der Waals surface area contributed by atoms with Crippen LogP contribution in [0.15, 0.2) is 36.7 Å². The van der Waals surface area contributed by atoms with Crippen molar-refractivity contribution in [2.24, 2.45) is 5.73 Å². The highest BCUT2D eigenvalue weighted by molar-refractivity contribution is 6.31. The Kier molecular flexibility index (Phi) is 4.75. The summed E-state index contributed by atoms with van der Waals surface area (Å²) in [4.78, 5) is 3.91. The highest BCUT2D eigenvalue weighted by Crippen LogP contribution is 2.20. The van der Waals surface area contributed by atoms with Crippen molar-refractivity contribution in [2.75, 3.05) is 0 Å². The van der Waals surface area contributed by atoms with Crippen molar-refractivity contribution in [3.8, 4) is 0 Å². The van der Waals surface area contributed by atoms with Crippen LogP contribution in [0.1, 0.15) is 11.1 Å². The quantitative estimate of drug-likeness (QED) is 0.936. The van der Waals surface area contributed by atoms with Gasteiger partial charge in [-0.25, -0.2) is 4.39 Å². The molecule has 1 aromatic heterocycles. The number of halogens is 3. The maximum atomic E-state index is 13.8. The number of rotatable bonds is 4. The topological polar surface area (TPSA) is 38.9 Å². The molecule has 0 spiro atoms. The lowest BCUT2D eigenvalue weighted by atomic mass is 10.00. The number of aromatic nitrogens is 1. The second-order valence-electron chi connectivity index (χ2n) is 4.35. The number of hydrogen-bond donors (Lipinski definition) is 1. The molecule has 0 saturated carbocycles. The Morgan fingerprint density at radius 2 is 1.84 bits per heavy atom. The Balaban J connectivity index is 2.08. The Labute approximate surface area is 121 Å². The summed E-state index contributed by atoms with van der Waals surface area (Å²) < 4.78 is 13.8. The van der Waals surface area contributed by atoms with E-state index in [-0.39, 0.29) is 11.1 Å². The van der Waals surface area contributed by atoms with E-state index in [1.807, 2.05) is 6.07 Å². The molecule has 0 amide bonds. The van der Waals surface area contributed by atoms with Crippen LogP contribution in [-0.4, -0.2) is 11.0 Å². The molecule has 2 nitrogen and oxygen atoms in total. The molecule has 19 heavy (non-hydrogen) atoms. The Hall–Kier alpha value is -1.16. The molecule has 0 fully saturated rings. The maximum Gasteiger partial charge on any atom is 0.145 e. The SMILES string of the molecule is NC(Cc1ccncc1Cl)Cc1cccc(Cl)c1F. The molecule has 2 rings (SSSR count). The van der Waals surface area contributed by atoms with E-state index in [4.69, 9.17) is 28.9 Å². The van der Waals surface area contributed by atoms with Crippen molar-refractivity contribution < 1.29 is 4.39 Å². The van der Waals surface area contributed by atoms with Crippen LogP contribution in [0, 0.1) is 5.82 Å². The molecule has 1 unspecified atom stereocenters. The van der Waals surface area contributed by atoms with Crippen molar-refractivity contribution in [1.82, 2.24) is 4.98 Å². The van der Waals surface area contributed by atoms with Crippen molar-refractivity contribution in [3.05, 3.63) is 63.6 Å². The van der Waals surface area contributed by atoms with E-state index >= 15 is 0 Å². The Morgan fingerprint density at radius 1 is 1.11 bits per heavy atom. The molecular formula is C14H13Cl2FN2. The van der Waals surface area contributed by atoms with E-state index in [2.05, 4.69) is 4.98 Å². The fourth-order valence-electron chi connectivity index (χ4n) is 1.91. The van der Waals surface area contributed by atoms with E-state index < -0.39 is 5.82 Å². The zero-order valence-corrected chi connectivity index (χ0v) is 11.6. The standard InChI is InChI=1S/C14H13Cl2FN2/c15-12-3-1-2-10(14(12)17)7-11(18)6-9-4-5-19-8-13(9)16/h1-5,8,11H,6-7,18H2. The Morgan fingerprint density at radius 3 is 2.58 bits per heavy atom. The van der Waals surface area contributed by atoms with Crippen LogP contribution < -0.4 is 5.73 Å². The van der Waals surface area contributed by atoms with Gasteiger partial charge < -0.3 is 5.73 Å². The summed E-state index contributed by atoms with van der Waals surface area (Å²) in [5.41, 5.74) is 7.46. The van der Waals surface area contributed by atoms with Crippen LogP contribution in [0.3, 0.4) is 0 Å². The van der Waals surface area contributed by atoms with E-state index in [1.165, 1.54) is 6.07 Å². The molecular weight excluding hydrogens is 286 g/mol. The predicted molar refractivity (Wildman–Crippen MR) is 76.0 cm³/mol. The fourth-order valence-corrected chi connectivity index (χ4v) is 2.30. The first kappa shape index (κ1) is 14.3. The third-order valence-electron chi connectivity index (χ3n) is 2.85. The first-order valence-electron chi connectivity index (χ1n) is 5.84. The average molecular weight is 299 g/mol. The highest BCUT2D eigenvalue weighted by atomic mass is 35.5. The lowest BCUT2D eigenvalue weighted by Gasteiger charge is -2.13. The Bertz CT molecular complexity index is 575. The monoisotopic (exact) mass is 298 g/mol. The lowest BCUT2D eigenvalue weighted by molar-refractivity contribution is 0.584. The summed E-state index contributed by atoms with van der Waals surface area (Å²) in [6, 6.07) is 6.51. The summed E-state index contributed by atoms with van der Waals surface area (Å²) in [5.74, 6) is -0.402. The molecule has 0 radical (unpaired) electrons. The van der Waals surface area contributed by atoms with Gasteiger partial charge in [0.25, 0.3) is 0 Å². The summed E-state index contributed by atoms with van der Waals surface area (Å²) in [6.07, 6.45) is 4.20. The first-order chi connectivity index (χ1) is 9.08. The molecule has 2 N–H and O–H groups in total. The molecule has 1 heterocycles. The average Bonchev–Trinajstić information content (AvgIpc) is 2.38. The summed E-state index contributed by atoms with van der Waals surface area (Å²) in [7, 11) is 0. The van der Waals surface area contributed by atoms with Gasteiger partial charge >= 0.3 is 0 Å². The fraction of sp³-hybridized carbons (Fsp3) is 0.214. The van der Waals surface area contributed by atoms with E-state index in [1.54, 1.807) is 24.5 Å². The normalized spacial score (nSPS) is 12.4. The summed E-state index contributed by atoms with van der Waals surface area (Å²) in [6.45, 7) is 0. The molecule has 100 valence electrons. The van der Waals surface area contributed by atoms with Gasteiger partial charge in [-0.05, 0) is 36.1 Å². The van der Waals surface area contributed by atoms with Gasteiger partial charge in [0.1, 0.15) is 5.82 Å². The zero-order chi connectivity index (χ0) is 13.8. The molecule has 0 aliphatic heterocycles. The largest absolute Gasteiger partial charge is 0.327 e. The number of hydrogen-bond acceptors (Lipinski definition) is 2. The minimum absolute atomic E-state index is 0.117. The molecule has 0 aliphatic carbocycles. The molecule has 5 heteroatoms. The van der Waals surface area contributed by atoms with Crippen molar-refractivity contribution in [2.45, 2.75) is 18.9 Å². The van der Waals surface area contributed by atoms with E-state index in [9.17, 15) is 4.39 Å². The second kappa shape index (κ2) is 6.33. The van der Waals surface area contributed by atoms with Crippen molar-refractivity contribution >= 4 is 23.2 Å². The zero-order valence-electron chi connectivity index (χ0n) is 10.1. The van der Waals surface area contributed by atoms with Gasteiger partial charge in [-0.2, -0.15) is 0 Å². The third-order valence-corrected chi connectivity index (χ3v) is 3.48. The van der Waals surface area contributed by atoms with Crippen LogP contribution >= 0.6 is 23.2 Å². The third kappa shape index (κ3) is 3.66. The second-order valence-corrected chi connectivity index (χ2v) is 5.16. The van der Waals surface area contributed by atoms with Crippen LogP contribution in [0.25, 0.3) is 0 Å². The number of benzene rings is 1. The summed E-state index contributed by atoms with van der Waals surface area (Å²) in [5, 5.41) is 0.691. The van der Waals surface area contributed by atoms with Gasteiger partial charge in [-0.3, -0.25) is 4.98 Å².